The van der Waals surface area contributed by atoms with Gasteiger partial charge in [-0.2, -0.15) is 0 Å². The number of nitrogens with zero attached hydrogens (tertiary/aromatic N) is 3. The van der Waals surface area contributed by atoms with E-state index >= 15 is 0 Å². The number of fused-ring (bicyclic) bond motifs is 1. The predicted octanol–water partition coefficient (Wildman–Crippen LogP) is 1.49. The molecule has 0 spiro atoms. The van der Waals surface area contributed by atoms with Crippen LogP contribution in [0.4, 0.5) is 10.1 Å². The number of carboxylic acid groups (broad SMARTS) is 1. The fraction of sp³-hybridized carbons (Fsp3) is 0.231. The van der Waals surface area contributed by atoms with Crippen LogP contribution in [0.25, 0.3) is 0 Å². The Morgan fingerprint density at radius 3 is 3.05 bits per heavy atom. The third kappa shape index (κ3) is 1.95. The van der Waals surface area contributed by atoms with Crippen LogP contribution >= 0.6 is 0 Å². The highest BCUT2D eigenvalue weighted by molar-refractivity contribution is 5.77. The van der Waals surface area contributed by atoms with Crippen LogP contribution in [0.5, 0.6) is 0 Å². The highest BCUT2D eigenvalue weighted by atomic mass is 19.1. The molecule has 2 aliphatic rings. The Bertz CT molecular complexity index is 573. The van der Waals surface area contributed by atoms with Gasteiger partial charge in [-0.1, -0.05) is 6.07 Å². The van der Waals surface area contributed by atoms with Gasteiger partial charge in [-0.15, -0.1) is 0 Å². The summed E-state index contributed by atoms with van der Waals surface area (Å²) in [6, 6.07) is 6.09. The Morgan fingerprint density at radius 1 is 1.47 bits per heavy atom. The molecule has 1 aromatic rings. The Balaban J connectivity index is 1.96. The predicted molar refractivity (Wildman–Crippen MR) is 68.1 cm³/mol. The molecule has 0 saturated carbocycles. The summed E-state index contributed by atoms with van der Waals surface area (Å²) in [7, 11) is 0. The lowest BCUT2D eigenvalue weighted by atomic mass is 10.1. The van der Waals surface area contributed by atoms with Crippen molar-refractivity contribution in [3.05, 3.63) is 42.4 Å². The van der Waals surface area contributed by atoms with Gasteiger partial charge in [-0.25, -0.2) is 4.39 Å². The number of rotatable bonds is 2. The molecular formula is C13H12FN3O2. The van der Waals surface area contributed by atoms with Crippen molar-refractivity contribution in [2.24, 2.45) is 10.9 Å². The minimum absolute atomic E-state index is 0.269. The summed E-state index contributed by atoms with van der Waals surface area (Å²) in [6.45, 7) is 0.269. The molecule has 0 aliphatic carbocycles. The monoisotopic (exact) mass is 261 g/mol. The van der Waals surface area contributed by atoms with E-state index in [1.807, 2.05) is 0 Å². The minimum Gasteiger partial charge on any atom is -0.481 e. The quantitative estimate of drug-likeness (QED) is 0.876. The number of hydrogen-bond acceptors (Lipinski definition) is 4. The molecule has 2 unspecified atom stereocenters. The van der Waals surface area contributed by atoms with E-state index in [0.29, 0.717) is 5.69 Å². The third-order valence-electron chi connectivity index (χ3n) is 3.27. The number of carbonyl (C=O) groups is 1. The zero-order valence-corrected chi connectivity index (χ0v) is 9.98. The van der Waals surface area contributed by atoms with Crippen LogP contribution in [-0.4, -0.2) is 35.0 Å². The smallest absolute Gasteiger partial charge is 0.312 e. The van der Waals surface area contributed by atoms with Crippen molar-refractivity contribution in [1.29, 1.82) is 0 Å². The van der Waals surface area contributed by atoms with E-state index < -0.39 is 18.1 Å². The second-order valence-electron chi connectivity index (χ2n) is 4.44. The first-order valence-corrected chi connectivity index (χ1v) is 5.91. The topological polar surface area (TPSA) is 56.1 Å². The number of hydrazine groups is 1. The molecule has 0 aromatic heterocycles. The van der Waals surface area contributed by atoms with E-state index in [4.69, 9.17) is 0 Å². The van der Waals surface area contributed by atoms with Crippen LogP contribution < -0.4 is 5.01 Å². The maximum absolute atomic E-state index is 13.3. The fourth-order valence-corrected chi connectivity index (χ4v) is 2.39. The molecule has 1 saturated heterocycles. The van der Waals surface area contributed by atoms with E-state index in [1.54, 1.807) is 40.6 Å². The highest BCUT2D eigenvalue weighted by Crippen LogP contribution is 2.32. The lowest BCUT2D eigenvalue weighted by Gasteiger charge is -2.32. The summed E-state index contributed by atoms with van der Waals surface area (Å²) in [6.07, 6.45) is 4.61. The molecule has 6 heteroatoms. The Kier molecular flexibility index (Phi) is 2.70. The zero-order chi connectivity index (χ0) is 13.4. The number of carboxylic acids is 1. The SMILES string of the molecule is O=C(O)C1CN(c2cccc(F)c2)N2C=CC=NC12. The summed E-state index contributed by atoms with van der Waals surface area (Å²) < 4.78 is 13.3. The van der Waals surface area contributed by atoms with Gasteiger partial charge in [0.1, 0.15) is 11.7 Å². The molecule has 0 radical (unpaired) electrons. The molecule has 2 heterocycles. The second-order valence-corrected chi connectivity index (χ2v) is 4.44. The Morgan fingerprint density at radius 2 is 2.32 bits per heavy atom. The maximum Gasteiger partial charge on any atom is 0.312 e. The minimum atomic E-state index is -0.902. The molecule has 1 N–H and O–H groups in total. The van der Waals surface area contributed by atoms with E-state index in [2.05, 4.69) is 4.99 Å². The summed E-state index contributed by atoms with van der Waals surface area (Å²) >= 11 is 0. The first-order chi connectivity index (χ1) is 9.16. The van der Waals surface area contributed by atoms with Gasteiger partial charge >= 0.3 is 5.97 Å². The molecule has 5 nitrogen and oxygen atoms in total. The Labute approximate surface area is 109 Å². The number of aliphatic imine (C=N–C) groups is 1. The van der Waals surface area contributed by atoms with Crippen molar-refractivity contribution in [3.8, 4) is 0 Å². The molecule has 1 aromatic carbocycles. The van der Waals surface area contributed by atoms with Gasteiger partial charge in [0.2, 0.25) is 0 Å². The van der Waals surface area contributed by atoms with Crippen molar-refractivity contribution in [1.82, 2.24) is 5.01 Å². The summed E-state index contributed by atoms with van der Waals surface area (Å²) in [4.78, 5) is 15.5. The van der Waals surface area contributed by atoms with Gasteiger partial charge in [0.25, 0.3) is 0 Å². The molecule has 2 aliphatic heterocycles. The number of allylic oxidation sites excluding steroid dienone is 1. The number of hydrogen-bond donors (Lipinski definition) is 1. The standard InChI is InChI=1S/C13H12FN3O2/c14-9-3-1-4-10(7-9)17-8-11(13(18)19)12-15-5-2-6-16(12)17/h1-7,11-12H,8H2,(H,18,19). The second kappa shape index (κ2) is 4.38. The van der Waals surface area contributed by atoms with Crippen LogP contribution in [0, 0.1) is 11.7 Å². The molecule has 19 heavy (non-hydrogen) atoms. The van der Waals surface area contributed by atoms with Crippen LogP contribution in [0.3, 0.4) is 0 Å². The molecule has 98 valence electrons. The lowest BCUT2D eigenvalue weighted by Crippen LogP contribution is -2.38. The Hall–Kier alpha value is -2.37. The van der Waals surface area contributed by atoms with E-state index in [1.165, 1.54) is 12.1 Å². The highest BCUT2D eigenvalue weighted by Gasteiger charge is 2.43. The summed E-state index contributed by atoms with van der Waals surface area (Å²) in [5.74, 6) is -1.89. The lowest BCUT2D eigenvalue weighted by molar-refractivity contribution is -0.141. The van der Waals surface area contributed by atoms with Crippen LogP contribution in [-0.2, 0) is 4.79 Å². The van der Waals surface area contributed by atoms with E-state index in [0.717, 1.165) is 0 Å². The number of aliphatic carboxylic acids is 1. The fourth-order valence-electron chi connectivity index (χ4n) is 2.39. The van der Waals surface area contributed by atoms with Crippen molar-refractivity contribution in [2.75, 3.05) is 11.6 Å². The molecule has 0 amide bonds. The average Bonchev–Trinajstić information content (AvgIpc) is 2.78. The van der Waals surface area contributed by atoms with Gasteiger partial charge in [-0.3, -0.25) is 19.8 Å². The number of benzene rings is 1. The first-order valence-electron chi connectivity index (χ1n) is 5.91. The third-order valence-corrected chi connectivity index (χ3v) is 3.27. The normalized spacial score (nSPS) is 24.7. The van der Waals surface area contributed by atoms with Crippen LogP contribution in [0.2, 0.25) is 0 Å². The summed E-state index contributed by atoms with van der Waals surface area (Å²) in [5.41, 5.74) is 0.621. The molecule has 0 bridgehead atoms. The van der Waals surface area contributed by atoms with E-state index in [9.17, 15) is 14.3 Å². The van der Waals surface area contributed by atoms with Gasteiger partial charge in [0.05, 0.1) is 12.2 Å². The van der Waals surface area contributed by atoms with Crippen LogP contribution in [0.1, 0.15) is 0 Å². The molecule has 3 rings (SSSR count). The molecule has 1 fully saturated rings. The maximum atomic E-state index is 13.3. The average molecular weight is 261 g/mol. The zero-order valence-electron chi connectivity index (χ0n) is 9.98. The number of anilines is 1. The molecule has 2 atom stereocenters. The van der Waals surface area contributed by atoms with Gasteiger partial charge in [-0.05, 0) is 24.3 Å². The number of halogens is 1. The largest absolute Gasteiger partial charge is 0.481 e. The van der Waals surface area contributed by atoms with Crippen LogP contribution in [0.15, 0.2) is 41.5 Å². The van der Waals surface area contributed by atoms with Crippen molar-refractivity contribution in [3.63, 3.8) is 0 Å². The van der Waals surface area contributed by atoms with Crippen molar-refractivity contribution in [2.45, 2.75) is 6.17 Å². The first kappa shape index (κ1) is 11.7. The van der Waals surface area contributed by atoms with Gasteiger partial charge in [0.15, 0.2) is 6.17 Å². The van der Waals surface area contributed by atoms with E-state index in [-0.39, 0.29) is 12.4 Å². The van der Waals surface area contributed by atoms with Gasteiger partial charge in [0, 0.05) is 12.4 Å². The summed E-state index contributed by atoms with van der Waals surface area (Å²) in [5, 5.41) is 12.7. The van der Waals surface area contributed by atoms with Crippen molar-refractivity contribution < 1.29 is 14.3 Å². The molecular weight excluding hydrogens is 249 g/mol. The van der Waals surface area contributed by atoms with Crippen molar-refractivity contribution >= 4 is 17.9 Å². The van der Waals surface area contributed by atoms with Gasteiger partial charge < -0.3 is 5.11 Å².